The van der Waals surface area contributed by atoms with Crippen molar-refractivity contribution in [2.75, 3.05) is 18.0 Å². The lowest BCUT2D eigenvalue weighted by Gasteiger charge is -2.35. The highest BCUT2D eigenvalue weighted by molar-refractivity contribution is 6.30. The Hall–Kier alpha value is -1.75. The number of amides is 1. The zero-order chi connectivity index (χ0) is 13.3. The van der Waals surface area contributed by atoms with E-state index >= 15 is 0 Å². The molecule has 1 heterocycles. The van der Waals surface area contributed by atoms with Crippen LogP contribution in [0, 0.1) is 6.92 Å². The minimum atomic E-state index is -0.964. The number of halogens is 1. The van der Waals surface area contributed by atoms with Crippen LogP contribution < -0.4 is 10.2 Å². The largest absolute Gasteiger partial charge is 0.480 e. The molecule has 1 atom stereocenters. The van der Waals surface area contributed by atoms with E-state index < -0.39 is 12.0 Å². The van der Waals surface area contributed by atoms with Gasteiger partial charge in [0.1, 0.15) is 6.04 Å². The molecule has 1 aromatic carbocycles. The van der Waals surface area contributed by atoms with Crippen LogP contribution in [0.2, 0.25) is 5.02 Å². The summed E-state index contributed by atoms with van der Waals surface area (Å²) >= 11 is 5.93. The number of carbonyl (C=O) groups is 2. The molecule has 1 saturated heterocycles. The van der Waals surface area contributed by atoms with Crippen LogP contribution in [0.1, 0.15) is 5.56 Å². The highest BCUT2D eigenvalue weighted by Crippen LogP contribution is 2.26. The van der Waals surface area contributed by atoms with Crippen LogP contribution in [0.25, 0.3) is 0 Å². The second-order valence-electron chi connectivity index (χ2n) is 4.22. The molecule has 1 aliphatic heterocycles. The number of anilines is 1. The SMILES string of the molecule is Cc1ccc(Cl)cc1N1CC(=O)NCC1C(=O)O. The molecule has 0 spiro atoms. The first-order chi connectivity index (χ1) is 8.49. The van der Waals surface area contributed by atoms with Crippen LogP contribution in [0.15, 0.2) is 18.2 Å². The Kier molecular flexibility index (Phi) is 3.43. The molecule has 2 N–H and O–H groups in total. The molecule has 1 aromatic rings. The van der Waals surface area contributed by atoms with Gasteiger partial charge in [-0.1, -0.05) is 17.7 Å². The number of nitrogens with zero attached hydrogens (tertiary/aromatic N) is 1. The average molecular weight is 269 g/mol. The molecule has 5 nitrogen and oxygen atoms in total. The van der Waals surface area contributed by atoms with Crippen molar-refractivity contribution in [3.05, 3.63) is 28.8 Å². The summed E-state index contributed by atoms with van der Waals surface area (Å²) in [6.45, 7) is 1.98. The van der Waals surface area contributed by atoms with Gasteiger partial charge in [-0.15, -0.1) is 0 Å². The molecule has 0 radical (unpaired) electrons. The quantitative estimate of drug-likeness (QED) is 0.841. The van der Waals surface area contributed by atoms with Crippen LogP contribution in [-0.4, -0.2) is 36.1 Å². The van der Waals surface area contributed by atoms with Crippen molar-refractivity contribution in [1.82, 2.24) is 5.32 Å². The molecule has 2 rings (SSSR count). The van der Waals surface area contributed by atoms with E-state index in [0.29, 0.717) is 10.7 Å². The third-order valence-electron chi connectivity index (χ3n) is 2.95. The number of benzene rings is 1. The van der Waals surface area contributed by atoms with E-state index in [1.165, 1.54) is 0 Å². The second kappa shape index (κ2) is 4.86. The van der Waals surface area contributed by atoms with Gasteiger partial charge in [-0.25, -0.2) is 4.79 Å². The summed E-state index contributed by atoms with van der Waals surface area (Å²) in [6, 6.07) is 4.47. The van der Waals surface area contributed by atoms with Gasteiger partial charge in [-0.3, -0.25) is 4.79 Å². The van der Waals surface area contributed by atoms with Gasteiger partial charge in [-0.05, 0) is 24.6 Å². The molecule has 1 fully saturated rings. The van der Waals surface area contributed by atoms with Gasteiger partial charge in [0.2, 0.25) is 5.91 Å². The predicted molar refractivity (Wildman–Crippen MR) is 68.0 cm³/mol. The molecule has 1 amide bonds. The van der Waals surface area contributed by atoms with E-state index in [1.54, 1.807) is 17.0 Å². The molecule has 0 saturated carbocycles. The molecule has 1 unspecified atom stereocenters. The van der Waals surface area contributed by atoms with Gasteiger partial charge in [0, 0.05) is 17.3 Å². The van der Waals surface area contributed by atoms with Gasteiger partial charge < -0.3 is 15.3 Å². The third kappa shape index (κ3) is 2.41. The van der Waals surface area contributed by atoms with Gasteiger partial charge in [0.05, 0.1) is 6.54 Å². The average Bonchev–Trinajstić information content (AvgIpc) is 2.31. The smallest absolute Gasteiger partial charge is 0.328 e. The molecule has 0 aliphatic carbocycles. The fourth-order valence-electron chi connectivity index (χ4n) is 2.01. The summed E-state index contributed by atoms with van der Waals surface area (Å²) in [6.07, 6.45) is 0. The van der Waals surface area contributed by atoms with E-state index in [9.17, 15) is 14.7 Å². The zero-order valence-corrected chi connectivity index (χ0v) is 10.6. The molecule has 1 aliphatic rings. The van der Waals surface area contributed by atoms with Gasteiger partial charge in [0.25, 0.3) is 0 Å². The van der Waals surface area contributed by atoms with Crippen LogP contribution in [0.3, 0.4) is 0 Å². The molecule has 96 valence electrons. The number of aliphatic carboxylic acids is 1. The summed E-state index contributed by atoms with van der Waals surface area (Å²) < 4.78 is 0. The lowest BCUT2D eigenvalue weighted by atomic mass is 10.1. The number of hydrogen-bond donors (Lipinski definition) is 2. The first kappa shape index (κ1) is 12.7. The number of carboxylic acid groups (broad SMARTS) is 1. The van der Waals surface area contributed by atoms with Crippen molar-refractivity contribution in [1.29, 1.82) is 0 Å². The number of aryl methyl sites for hydroxylation is 1. The van der Waals surface area contributed by atoms with Gasteiger partial charge in [0.15, 0.2) is 0 Å². The molecule has 0 bridgehead atoms. The minimum Gasteiger partial charge on any atom is -0.480 e. The van der Waals surface area contributed by atoms with Crippen LogP contribution in [-0.2, 0) is 9.59 Å². The molecular formula is C12H13ClN2O3. The monoisotopic (exact) mass is 268 g/mol. The zero-order valence-electron chi connectivity index (χ0n) is 9.81. The lowest BCUT2D eigenvalue weighted by molar-refractivity contribution is -0.139. The maximum Gasteiger partial charge on any atom is 0.328 e. The van der Waals surface area contributed by atoms with Crippen molar-refractivity contribution >= 4 is 29.2 Å². The van der Waals surface area contributed by atoms with E-state index in [2.05, 4.69) is 5.32 Å². The Morgan fingerprint density at radius 2 is 2.28 bits per heavy atom. The standard InChI is InChI=1S/C12H13ClN2O3/c1-7-2-3-8(13)4-9(7)15-6-11(16)14-5-10(15)12(17)18/h2-4,10H,5-6H2,1H3,(H,14,16)(H,17,18). The van der Waals surface area contributed by atoms with Crippen molar-refractivity contribution in [3.8, 4) is 0 Å². The Balaban J connectivity index is 2.40. The first-order valence-electron chi connectivity index (χ1n) is 5.51. The molecular weight excluding hydrogens is 256 g/mol. The Bertz CT molecular complexity index is 504. The fraction of sp³-hybridized carbons (Fsp3) is 0.333. The summed E-state index contributed by atoms with van der Waals surface area (Å²) in [4.78, 5) is 24.2. The Morgan fingerprint density at radius 1 is 1.56 bits per heavy atom. The number of carboxylic acids is 1. The van der Waals surface area contributed by atoms with Crippen molar-refractivity contribution in [2.24, 2.45) is 0 Å². The van der Waals surface area contributed by atoms with Crippen molar-refractivity contribution in [3.63, 3.8) is 0 Å². The first-order valence-corrected chi connectivity index (χ1v) is 5.89. The number of hydrogen-bond acceptors (Lipinski definition) is 3. The number of piperazine rings is 1. The highest BCUT2D eigenvalue weighted by Gasteiger charge is 2.32. The number of nitrogens with one attached hydrogen (secondary N) is 1. The number of carbonyl (C=O) groups excluding carboxylic acids is 1. The van der Waals surface area contributed by atoms with Crippen LogP contribution in [0.4, 0.5) is 5.69 Å². The van der Waals surface area contributed by atoms with Crippen LogP contribution in [0.5, 0.6) is 0 Å². The van der Waals surface area contributed by atoms with Crippen LogP contribution >= 0.6 is 11.6 Å². The molecule has 6 heteroatoms. The summed E-state index contributed by atoms with van der Waals surface area (Å²) in [5, 5.41) is 12.3. The van der Waals surface area contributed by atoms with E-state index in [4.69, 9.17) is 11.6 Å². The summed E-state index contributed by atoms with van der Waals surface area (Å²) in [5.74, 6) is -1.15. The molecule has 18 heavy (non-hydrogen) atoms. The number of rotatable bonds is 2. The van der Waals surface area contributed by atoms with Gasteiger partial charge in [-0.2, -0.15) is 0 Å². The predicted octanol–water partition coefficient (Wildman–Crippen LogP) is 1.04. The normalized spacial score (nSPS) is 19.6. The molecule has 0 aromatic heterocycles. The van der Waals surface area contributed by atoms with E-state index in [1.807, 2.05) is 13.0 Å². The maximum absolute atomic E-state index is 11.4. The third-order valence-corrected chi connectivity index (χ3v) is 3.18. The summed E-state index contributed by atoms with van der Waals surface area (Å²) in [5.41, 5.74) is 1.57. The maximum atomic E-state index is 11.4. The van der Waals surface area contributed by atoms with E-state index in [0.717, 1.165) is 5.56 Å². The summed E-state index contributed by atoms with van der Waals surface area (Å²) in [7, 11) is 0. The lowest BCUT2D eigenvalue weighted by Crippen LogP contribution is -2.57. The van der Waals surface area contributed by atoms with Crippen molar-refractivity contribution in [2.45, 2.75) is 13.0 Å². The highest BCUT2D eigenvalue weighted by atomic mass is 35.5. The van der Waals surface area contributed by atoms with Crippen molar-refractivity contribution < 1.29 is 14.7 Å². The Labute approximate surface area is 109 Å². The van der Waals surface area contributed by atoms with Gasteiger partial charge >= 0.3 is 5.97 Å². The second-order valence-corrected chi connectivity index (χ2v) is 4.65. The fourth-order valence-corrected chi connectivity index (χ4v) is 2.17. The minimum absolute atomic E-state index is 0.0259. The Morgan fingerprint density at radius 3 is 2.94 bits per heavy atom. The topological polar surface area (TPSA) is 69.6 Å². The van der Waals surface area contributed by atoms with E-state index in [-0.39, 0.29) is 19.0 Å².